The topological polar surface area (TPSA) is 90.6 Å². The van der Waals surface area contributed by atoms with Gasteiger partial charge in [0.2, 0.25) is 5.91 Å². The fourth-order valence-corrected chi connectivity index (χ4v) is 2.52. The van der Waals surface area contributed by atoms with E-state index in [1.54, 1.807) is 0 Å². The second-order valence-corrected chi connectivity index (χ2v) is 5.15. The lowest BCUT2D eigenvalue weighted by Gasteiger charge is -2.05. The van der Waals surface area contributed by atoms with E-state index in [-0.39, 0.29) is 24.1 Å². The van der Waals surface area contributed by atoms with Crippen molar-refractivity contribution in [2.45, 2.75) is 25.8 Å². The monoisotopic (exact) mass is 272 g/mol. The normalized spacial score (nSPS) is 20.6. The summed E-state index contributed by atoms with van der Waals surface area (Å²) >= 11 is 0. The van der Waals surface area contributed by atoms with Crippen LogP contribution < -0.4 is 11.0 Å². The number of aryl methyl sites for hydroxylation is 1. The van der Waals surface area contributed by atoms with Gasteiger partial charge in [0.15, 0.2) is 0 Å². The van der Waals surface area contributed by atoms with Crippen molar-refractivity contribution in [2.24, 2.45) is 5.92 Å². The van der Waals surface area contributed by atoms with Crippen molar-refractivity contribution in [2.75, 3.05) is 0 Å². The zero-order valence-electron chi connectivity index (χ0n) is 11.1. The van der Waals surface area contributed by atoms with Crippen LogP contribution in [0.1, 0.15) is 29.3 Å². The van der Waals surface area contributed by atoms with E-state index >= 15 is 0 Å². The Kier molecular flexibility index (Phi) is 3.14. The summed E-state index contributed by atoms with van der Waals surface area (Å²) in [4.78, 5) is 25.4. The maximum atomic E-state index is 12.0. The van der Waals surface area contributed by atoms with E-state index in [0.29, 0.717) is 11.7 Å². The van der Waals surface area contributed by atoms with E-state index in [2.05, 4.69) is 39.6 Å². The first-order chi connectivity index (χ1) is 9.65. The molecular formula is C14H16N4O2. The molecule has 2 aromatic rings. The van der Waals surface area contributed by atoms with Crippen LogP contribution in [0.5, 0.6) is 0 Å². The Morgan fingerprint density at radius 3 is 2.95 bits per heavy atom. The van der Waals surface area contributed by atoms with Crippen molar-refractivity contribution in [3.05, 3.63) is 51.7 Å². The molecule has 1 aliphatic rings. The first kappa shape index (κ1) is 12.7. The third-order valence-electron chi connectivity index (χ3n) is 3.70. The average molecular weight is 272 g/mol. The number of carbonyl (C=O) groups is 1. The summed E-state index contributed by atoms with van der Waals surface area (Å²) in [5, 5.41) is 8.82. The van der Waals surface area contributed by atoms with Crippen LogP contribution >= 0.6 is 0 Å². The smallest absolute Gasteiger partial charge is 0.340 e. The fourth-order valence-electron chi connectivity index (χ4n) is 2.52. The molecule has 0 spiro atoms. The lowest BCUT2D eigenvalue weighted by atomic mass is 10.0. The number of hydrogen-bond acceptors (Lipinski definition) is 3. The summed E-state index contributed by atoms with van der Waals surface area (Å²) in [6, 6.07) is 8.16. The summed E-state index contributed by atoms with van der Waals surface area (Å²) in [7, 11) is 0. The van der Waals surface area contributed by atoms with Crippen LogP contribution in [0.4, 0.5) is 0 Å². The molecule has 2 atom stereocenters. The van der Waals surface area contributed by atoms with Gasteiger partial charge < -0.3 is 5.32 Å². The molecule has 0 unspecified atom stereocenters. The number of aromatic amines is 2. The van der Waals surface area contributed by atoms with Gasteiger partial charge in [-0.25, -0.2) is 9.89 Å². The molecule has 0 aliphatic heterocycles. The largest absolute Gasteiger partial charge is 0.349 e. The van der Waals surface area contributed by atoms with Crippen molar-refractivity contribution in [3.63, 3.8) is 0 Å². The fraction of sp³-hybridized carbons (Fsp3) is 0.357. The number of benzene rings is 1. The Morgan fingerprint density at radius 1 is 1.45 bits per heavy atom. The molecule has 3 N–H and O–H groups in total. The predicted octanol–water partition coefficient (Wildman–Crippen LogP) is 0.826. The standard InChI is InChI=1S/C14H16N4O2/c1-8-4-2-3-5-9(8)10-6-11(10)13(19)15-7-12-16-14(20)18-17-12/h2-5,10-11H,6-7H2,1H3,(H,15,19)(H2,16,17,18,20)/t10-,11-/m0/s1. The van der Waals surface area contributed by atoms with Crippen molar-refractivity contribution < 1.29 is 4.79 Å². The van der Waals surface area contributed by atoms with Crippen LogP contribution in [0, 0.1) is 12.8 Å². The molecule has 1 fully saturated rings. The van der Waals surface area contributed by atoms with E-state index in [1.807, 2.05) is 12.1 Å². The first-order valence-electron chi connectivity index (χ1n) is 6.62. The third kappa shape index (κ3) is 2.49. The third-order valence-corrected chi connectivity index (χ3v) is 3.70. The molecule has 104 valence electrons. The summed E-state index contributed by atoms with van der Waals surface area (Å²) in [5.74, 6) is 0.801. The molecule has 20 heavy (non-hydrogen) atoms. The van der Waals surface area contributed by atoms with E-state index in [0.717, 1.165) is 6.42 Å². The van der Waals surface area contributed by atoms with Gasteiger partial charge in [0, 0.05) is 5.92 Å². The van der Waals surface area contributed by atoms with Crippen molar-refractivity contribution in [1.82, 2.24) is 20.5 Å². The Morgan fingerprint density at radius 2 is 2.25 bits per heavy atom. The molecule has 0 bridgehead atoms. The van der Waals surface area contributed by atoms with Crippen LogP contribution in [0.15, 0.2) is 29.1 Å². The van der Waals surface area contributed by atoms with Gasteiger partial charge in [-0.1, -0.05) is 24.3 Å². The molecule has 6 nitrogen and oxygen atoms in total. The van der Waals surface area contributed by atoms with Gasteiger partial charge in [0.25, 0.3) is 0 Å². The van der Waals surface area contributed by atoms with Crippen LogP contribution in [0.25, 0.3) is 0 Å². The summed E-state index contributed by atoms with van der Waals surface area (Å²) in [5.41, 5.74) is 2.11. The van der Waals surface area contributed by atoms with Crippen LogP contribution in [-0.4, -0.2) is 21.1 Å². The highest BCUT2D eigenvalue weighted by Gasteiger charge is 2.44. The molecule has 0 radical (unpaired) electrons. The second kappa shape index (κ2) is 4.96. The molecule has 6 heteroatoms. The second-order valence-electron chi connectivity index (χ2n) is 5.15. The van der Waals surface area contributed by atoms with E-state index in [4.69, 9.17) is 0 Å². The zero-order chi connectivity index (χ0) is 14.1. The Labute approximate surface area is 115 Å². The van der Waals surface area contributed by atoms with Gasteiger partial charge in [-0.2, -0.15) is 5.10 Å². The van der Waals surface area contributed by atoms with Crippen LogP contribution in [0.3, 0.4) is 0 Å². The quantitative estimate of drug-likeness (QED) is 0.769. The molecule has 1 saturated carbocycles. The van der Waals surface area contributed by atoms with Gasteiger partial charge in [-0.05, 0) is 30.4 Å². The van der Waals surface area contributed by atoms with E-state index in [1.165, 1.54) is 11.1 Å². The number of H-pyrrole nitrogens is 2. The Hall–Kier alpha value is -2.37. The SMILES string of the molecule is Cc1ccccc1[C@@H]1C[C@@H]1C(=O)NCc1n[nH]c(=O)[nH]1. The number of rotatable bonds is 4. The van der Waals surface area contributed by atoms with Gasteiger partial charge in [0.1, 0.15) is 5.82 Å². The highest BCUT2D eigenvalue weighted by molar-refractivity contribution is 5.82. The van der Waals surface area contributed by atoms with Gasteiger partial charge in [0.05, 0.1) is 6.54 Å². The number of nitrogens with one attached hydrogen (secondary N) is 3. The van der Waals surface area contributed by atoms with Gasteiger partial charge in [-0.15, -0.1) is 0 Å². The molecule has 1 heterocycles. The summed E-state index contributed by atoms with van der Waals surface area (Å²) in [6.45, 7) is 2.31. The minimum absolute atomic E-state index is 0.0158. The molecular weight excluding hydrogens is 256 g/mol. The van der Waals surface area contributed by atoms with Crippen molar-refractivity contribution in [3.8, 4) is 0 Å². The molecule has 1 aromatic carbocycles. The number of hydrogen-bond donors (Lipinski definition) is 3. The maximum absolute atomic E-state index is 12.0. The highest BCUT2D eigenvalue weighted by Crippen LogP contribution is 2.48. The zero-order valence-corrected chi connectivity index (χ0v) is 11.1. The maximum Gasteiger partial charge on any atom is 0.340 e. The van der Waals surface area contributed by atoms with E-state index in [9.17, 15) is 9.59 Å². The number of nitrogens with zero attached hydrogens (tertiary/aromatic N) is 1. The average Bonchev–Trinajstić information content (AvgIpc) is 3.12. The Bertz CT molecular complexity index is 688. The molecule has 0 saturated heterocycles. The van der Waals surface area contributed by atoms with Gasteiger partial charge in [-0.3, -0.25) is 9.78 Å². The first-order valence-corrected chi connectivity index (χ1v) is 6.62. The lowest BCUT2D eigenvalue weighted by molar-refractivity contribution is -0.122. The van der Waals surface area contributed by atoms with Gasteiger partial charge >= 0.3 is 5.69 Å². The summed E-state index contributed by atoms with van der Waals surface area (Å²) < 4.78 is 0. The number of carbonyl (C=O) groups excluding carboxylic acids is 1. The Balaban J connectivity index is 1.58. The lowest BCUT2D eigenvalue weighted by Crippen LogP contribution is -2.25. The van der Waals surface area contributed by atoms with Crippen LogP contribution in [-0.2, 0) is 11.3 Å². The summed E-state index contributed by atoms with van der Waals surface area (Å²) in [6.07, 6.45) is 0.883. The number of amides is 1. The van der Waals surface area contributed by atoms with Crippen molar-refractivity contribution in [1.29, 1.82) is 0 Å². The molecule has 3 rings (SSSR count). The molecule has 1 amide bonds. The minimum Gasteiger partial charge on any atom is -0.349 e. The number of aromatic nitrogens is 3. The molecule has 1 aromatic heterocycles. The predicted molar refractivity (Wildman–Crippen MR) is 73.1 cm³/mol. The van der Waals surface area contributed by atoms with E-state index < -0.39 is 0 Å². The minimum atomic E-state index is -0.363. The highest BCUT2D eigenvalue weighted by atomic mass is 16.2. The van der Waals surface area contributed by atoms with Crippen LogP contribution in [0.2, 0.25) is 0 Å². The van der Waals surface area contributed by atoms with Crippen molar-refractivity contribution >= 4 is 5.91 Å². The molecule has 1 aliphatic carbocycles.